The summed E-state index contributed by atoms with van der Waals surface area (Å²) in [4.78, 5) is 6.58. The van der Waals surface area contributed by atoms with E-state index >= 15 is 0 Å². The molecule has 2 rings (SSSR count). The zero-order valence-corrected chi connectivity index (χ0v) is 10.0. The van der Waals surface area contributed by atoms with Gasteiger partial charge in [-0.25, -0.2) is 4.98 Å². The zero-order chi connectivity index (χ0) is 11.4. The minimum atomic E-state index is 0.279. The summed E-state index contributed by atoms with van der Waals surface area (Å²) in [6.45, 7) is 2.30. The van der Waals surface area contributed by atoms with Gasteiger partial charge in [0.2, 0.25) is 0 Å². The smallest absolute Gasteiger partial charge is 0.131 e. The number of piperidine rings is 1. The van der Waals surface area contributed by atoms with E-state index in [0.717, 1.165) is 25.3 Å². The molecule has 0 aliphatic carbocycles. The third-order valence-corrected chi connectivity index (χ3v) is 3.29. The first-order valence-corrected chi connectivity index (χ1v) is 6.16. The Bertz CT molecular complexity index is 344. The third kappa shape index (κ3) is 2.86. The van der Waals surface area contributed by atoms with Crippen LogP contribution >= 0.6 is 11.6 Å². The van der Waals surface area contributed by atoms with Gasteiger partial charge in [0.05, 0.1) is 0 Å². The second-order valence-electron chi connectivity index (χ2n) is 4.29. The number of hydrogen-bond acceptors (Lipinski definition) is 3. The molecule has 0 amide bonds. The van der Waals surface area contributed by atoms with Crippen LogP contribution in [0.4, 0.5) is 5.82 Å². The van der Waals surface area contributed by atoms with Crippen LogP contribution in [0.25, 0.3) is 0 Å². The van der Waals surface area contributed by atoms with E-state index in [0.29, 0.717) is 11.1 Å². The van der Waals surface area contributed by atoms with Crippen molar-refractivity contribution in [2.75, 3.05) is 24.6 Å². The summed E-state index contributed by atoms with van der Waals surface area (Å²) in [6, 6.07) is 5.72. The molecule has 1 unspecified atom stereocenters. The Morgan fingerprint density at radius 3 is 3.12 bits per heavy atom. The highest BCUT2D eigenvalue weighted by Crippen LogP contribution is 2.24. The Morgan fingerprint density at radius 1 is 1.50 bits per heavy atom. The minimum absolute atomic E-state index is 0.279. The molecule has 0 bridgehead atoms. The first kappa shape index (κ1) is 11.7. The molecule has 88 valence electrons. The van der Waals surface area contributed by atoms with E-state index in [9.17, 15) is 0 Å². The SMILES string of the molecule is OCCC1CCCN(c2cccc(Cl)n2)C1. The molecule has 1 aromatic rings. The topological polar surface area (TPSA) is 36.4 Å². The van der Waals surface area contributed by atoms with Crippen LogP contribution in [0.2, 0.25) is 5.15 Å². The van der Waals surface area contributed by atoms with E-state index in [1.54, 1.807) is 6.07 Å². The summed E-state index contributed by atoms with van der Waals surface area (Å²) in [5, 5.41) is 9.51. The fraction of sp³-hybridized carbons (Fsp3) is 0.583. The number of pyridine rings is 1. The second-order valence-corrected chi connectivity index (χ2v) is 4.67. The van der Waals surface area contributed by atoms with Crippen LogP contribution in [0, 0.1) is 5.92 Å². The van der Waals surface area contributed by atoms with Gasteiger partial charge < -0.3 is 10.0 Å². The van der Waals surface area contributed by atoms with Crippen molar-refractivity contribution in [1.29, 1.82) is 0 Å². The molecule has 1 aromatic heterocycles. The molecule has 2 heterocycles. The van der Waals surface area contributed by atoms with Gasteiger partial charge in [-0.05, 0) is 37.3 Å². The van der Waals surface area contributed by atoms with Crippen molar-refractivity contribution in [2.45, 2.75) is 19.3 Å². The van der Waals surface area contributed by atoms with Gasteiger partial charge in [0.25, 0.3) is 0 Å². The van der Waals surface area contributed by atoms with E-state index < -0.39 is 0 Å². The van der Waals surface area contributed by atoms with E-state index in [1.807, 2.05) is 12.1 Å². The first-order valence-electron chi connectivity index (χ1n) is 5.78. The Labute approximate surface area is 101 Å². The summed E-state index contributed by atoms with van der Waals surface area (Å²) in [5.41, 5.74) is 0. The molecule has 1 aliphatic rings. The Morgan fingerprint density at radius 2 is 2.38 bits per heavy atom. The van der Waals surface area contributed by atoms with E-state index in [1.165, 1.54) is 12.8 Å². The van der Waals surface area contributed by atoms with Crippen molar-refractivity contribution in [2.24, 2.45) is 5.92 Å². The maximum atomic E-state index is 8.96. The molecule has 3 nitrogen and oxygen atoms in total. The molecular formula is C12H17ClN2O. The molecule has 1 atom stereocenters. The Kier molecular flexibility index (Phi) is 4.02. The highest BCUT2D eigenvalue weighted by atomic mass is 35.5. The largest absolute Gasteiger partial charge is 0.396 e. The number of anilines is 1. The highest BCUT2D eigenvalue weighted by molar-refractivity contribution is 6.29. The van der Waals surface area contributed by atoms with Crippen molar-refractivity contribution in [3.8, 4) is 0 Å². The fourth-order valence-electron chi connectivity index (χ4n) is 2.27. The molecule has 4 heteroatoms. The van der Waals surface area contributed by atoms with Gasteiger partial charge >= 0.3 is 0 Å². The molecule has 1 saturated heterocycles. The number of aromatic nitrogens is 1. The number of nitrogens with zero attached hydrogens (tertiary/aromatic N) is 2. The molecular weight excluding hydrogens is 224 g/mol. The molecule has 0 saturated carbocycles. The number of hydrogen-bond donors (Lipinski definition) is 1. The van der Waals surface area contributed by atoms with Crippen LogP contribution in [0.5, 0.6) is 0 Å². The highest BCUT2D eigenvalue weighted by Gasteiger charge is 2.20. The van der Waals surface area contributed by atoms with Gasteiger partial charge in [0, 0.05) is 19.7 Å². The summed E-state index contributed by atoms with van der Waals surface area (Å²) >= 11 is 5.88. The molecule has 1 aliphatic heterocycles. The first-order chi connectivity index (χ1) is 7.79. The lowest BCUT2D eigenvalue weighted by Gasteiger charge is -2.33. The number of rotatable bonds is 3. The Balaban J connectivity index is 2.03. The second kappa shape index (κ2) is 5.51. The zero-order valence-electron chi connectivity index (χ0n) is 9.27. The lowest BCUT2D eigenvalue weighted by atomic mass is 9.95. The van der Waals surface area contributed by atoms with Crippen molar-refractivity contribution < 1.29 is 5.11 Å². The lowest BCUT2D eigenvalue weighted by molar-refractivity contribution is 0.244. The number of aliphatic hydroxyl groups excluding tert-OH is 1. The van der Waals surface area contributed by atoms with Crippen LogP contribution in [0.1, 0.15) is 19.3 Å². The molecule has 1 N–H and O–H groups in total. The average molecular weight is 241 g/mol. The average Bonchev–Trinajstić information content (AvgIpc) is 2.30. The van der Waals surface area contributed by atoms with Crippen molar-refractivity contribution in [3.63, 3.8) is 0 Å². The van der Waals surface area contributed by atoms with Crippen molar-refractivity contribution in [3.05, 3.63) is 23.4 Å². The van der Waals surface area contributed by atoms with Gasteiger partial charge in [0.1, 0.15) is 11.0 Å². The molecule has 16 heavy (non-hydrogen) atoms. The number of halogens is 1. The Hall–Kier alpha value is -0.800. The standard InChI is InChI=1S/C12H17ClN2O/c13-11-4-1-5-12(14-11)15-7-2-3-10(9-15)6-8-16/h1,4-5,10,16H,2-3,6-9H2. The quantitative estimate of drug-likeness (QED) is 0.824. The summed E-state index contributed by atoms with van der Waals surface area (Å²) in [5.74, 6) is 1.54. The van der Waals surface area contributed by atoms with Crippen molar-refractivity contribution >= 4 is 17.4 Å². The van der Waals surface area contributed by atoms with Gasteiger partial charge in [0.15, 0.2) is 0 Å². The third-order valence-electron chi connectivity index (χ3n) is 3.08. The molecule has 0 spiro atoms. The van der Waals surface area contributed by atoms with E-state index in [4.69, 9.17) is 16.7 Å². The normalized spacial score (nSPS) is 21.1. The van der Waals surface area contributed by atoms with Gasteiger partial charge in [-0.2, -0.15) is 0 Å². The summed E-state index contributed by atoms with van der Waals surface area (Å²) in [7, 11) is 0. The lowest BCUT2D eigenvalue weighted by Crippen LogP contribution is -2.36. The molecule has 1 fully saturated rings. The summed E-state index contributed by atoms with van der Waals surface area (Å²) < 4.78 is 0. The predicted molar refractivity (Wildman–Crippen MR) is 65.9 cm³/mol. The van der Waals surface area contributed by atoms with Gasteiger partial charge in [-0.1, -0.05) is 17.7 Å². The van der Waals surface area contributed by atoms with Gasteiger partial charge in [-0.15, -0.1) is 0 Å². The van der Waals surface area contributed by atoms with E-state index in [2.05, 4.69) is 9.88 Å². The fourth-order valence-corrected chi connectivity index (χ4v) is 2.42. The minimum Gasteiger partial charge on any atom is -0.396 e. The van der Waals surface area contributed by atoms with Crippen molar-refractivity contribution in [1.82, 2.24) is 4.98 Å². The van der Waals surface area contributed by atoms with Crippen LogP contribution < -0.4 is 4.90 Å². The maximum Gasteiger partial charge on any atom is 0.131 e. The van der Waals surface area contributed by atoms with Crippen LogP contribution in [-0.4, -0.2) is 29.8 Å². The molecule has 0 radical (unpaired) electrons. The monoisotopic (exact) mass is 240 g/mol. The van der Waals surface area contributed by atoms with Crippen LogP contribution in [0.15, 0.2) is 18.2 Å². The van der Waals surface area contributed by atoms with Crippen LogP contribution in [0.3, 0.4) is 0 Å². The predicted octanol–water partition coefficient (Wildman–Crippen LogP) is 2.33. The van der Waals surface area contributed by atoms with Crippen LogP contribution in [-0.2, 0) is 0 Å². The van der Waals surface area contributed by atoms with Gasteiger partial charge in [-0.3, -0.25) is 0 Å². The summed E-state index contributed by atoms with van der Waals surface area (Å²) in [6.07, 6.45) is 3.26. The molecule has 0 aromatic carbocycles. The number of aliphatic hydroxyl groups is 1. The maximum absolute atomic E-state index is 8.96. The van der Waals surface area contributed by atoms with E-state index in [-0.39, 0.29) is 6.61 Å².